The van der Waals surface area contributed by atoms with Gasteiger partial charge >= 0.3 is 0 Å². The van der Waals surface area contributed by atoms with Crippen LogP contribution in [0.4, 0.5) is 0 Å². The van der Waals surface area contributed by atoms with Crippen molar-refractivity contribution in [3.8, 4) is 0 Å². The Morgan fingerprint density at radius 3 is 2.71 bits per heavy atom. The van der Waals surface area contributed by atoms with Crippen molar-refractivity contribution < 1.29 is 0 Å². The predicted octanol–water partition coefficient (Wildman–Crippen LogP) is 3.77. The highest BCUT2D eigenvalue weighted by molar-refractivity contribution is 14.1. The smallest absolute Gasteiger partial charge is 0.0480 e. The average Bonchev–Trinajstić information content (AvgIpc) is 2.71. The molecule has 0 saturated carbocycles. The summed E-state index contributed by atoms with van der Waals surface area (Å²) < 4.78 is 3.66. The average molecular weight is 342 g/mol. The molecule has 3 heteroatoms. The fraction of sp³-hybridized carbons (Fsp3) is 0.429. The van der Waals surface area contributed by atoms with E-state index in [1.807, 2.05) is 0 Å². The number of hydrogen-bond acceptors (Lipinski definition) is 1. The summed E-state index contributed by atoms with van der Waals surface area (Å²) in [7, 11) is 0. The summed E-state index contributed by atoms with van der Waals surface area (Å²) in [5.41, 5.74) is 6.84. The van der Waals surface area contributed by atoms with Gasteiger partial charge in [-0.2, -0.15) is 0 Å². The predicted molar refractivity (Wildman–Crippen MR) is 82.2 cm³/mol. The minimum absolute atomic E-state index is 0.824. The third-order valence-corrected chi connectivity index (χ3v) is 3.76. The molecule has 1 aromatic heterocycles. The van der Waals surface area contributed by atoms with Crippen LogP contribution in [0.1, 0.15) is 25.7 Å². The summed E-state index contributed by atoms with van der Waals surface area (Å²) >= 11 is 2.36. The molecule has 17 heavy (non-hydrogen) atoms. The molecule has 0 aliphatic rings. The van der Waals surface area contributed by atoms with E-state index in [2.05, 4.69) is 57.6 Å². The molecule has 0 aliphatic heterocycles. The van der Waals surface area contributed by atoms with Crippen molar-refractivity contribution in [2.45, 2.75) is 32.2 Å². The SMILES string of the molecule is NCCCCCCn1ccc2cc(I)ccc21. The van der Waals surface area contributed by atoms with Gasteiger partial charge in [0.15, 0.2) is 0 Å². The molecule has 2 nitrogen and oxygen atoms in total. The molecule has 1 heterocycles. The van der Waals surface area contributed by atoms with Crippen LogP contribution in [0.15, 0.2) is 30.5 Å². The molecule has 2 aromatic rings. The fourth-order valence-electron chi connectivity index (χ4n) is 2.15. The Morgan fingerprint density at radius 1 is 1.06 bits per heavy atom. The number of nitrogens with zero attached hydrogens (tertiary/aromatic N) is 1. The van der Waals surface area contributed by atoms with E-state index in [9.17, 15) is 0 Å². The lowest BCUT2D eigenvalue weighted by atomic mass is 10.2. The second-order valence-electron chi connectivity index (χ2n) is 4.42. The first-order chi connectivity index (χ1) is 8.31. The van der Waals surface area contributed by atoms with E-state index in [0.717, 1.165) is 19.5 Å². The summed E-state index contributed by atoms with van der Waals surface area (Å²) in [6.45, 7) is 1.94. The molecule has 2 rings (SSSR count). The van der Waals surface area contributed by atoms with Crippen LogP contribution in [-0.4, -0.2) is 11.1 Å². The first-order valence-corrected chi connectivity index (χ1v) is 7.33. The van der Waals surface area contributed by atoms with Gasteiger partial charge in [0.05, 0.1) is 0 Å². The summed E-state index contributed by atoms with van der Waals surface area (Å²) in [5, 5.41) is 1.35. The van der Waals surface area contributed by atoms with Crippen molar-refractivity contribution in [2.24, 2.45) is 5.73 Å². The van der Waals surface area contributed by atoms with Crippen LogP contribution in [0.25, 0.3) is 10.9 Å². The lowest BCUT2D eigenvalue weighted by Gasteiger charge is -2.05. The van der Waals surface area contributed by atoms with Crippen LogP contribution in [0, 0.1) is 3.57 Å². The van der Waals surface area contributed by atoms with Gasteiger partial charge in [-0.25, -0.2) is 0 Å². The fourth-order valence-corrected chi connectivity index (χ4v) is 2.66. The summed E-state index contributed by atoms with van der Waals surface area (Å²) in [6.07, 6.45) is 7.14. The molecule has 92 valence electrons. The maximum Gasteiger partial charge on any atom is 0.0480 e. The van der Waals surface area contributed by atoms with Crippen molar-refractivity contribution in [3.63, 3.8) is 0 Å². The maximum absolute atomic E-state index is 5.49. The van der Waals surface area contributed by atoms with Gasteiger partial charge in [-0.05, 0) is 66.2 Å². The lowest BCUT2D eigenvalue weighted by molar-refractivity contribution is 0.585. The molecule has 0 aliphatic carbocycles. The third-order valence-electron chi connectivity index (χ3n) is 3.09. The molecule has 1 aromatic carbocycles. The Morgan fingerprint density at radius 2 is 1.88 bits per heavy atom. The molecule has 2 N–H and O–H groups in total. The van der Waals surface area contributed by atoms with Crippen LogP contribution in [0.2, 0.25) is 0 Å². The van der Waals surface area contributed by atoms with E-state index in [1.54, 1.807) is 0 Å². The highest BCUT2D eigenvalue weighted by Crippen LogP contribution is 2.19. The summed E-state index contributed by atoms with van der Waals surface area (Å²) in [5.74, 6) is 0. The minimum Gasteiger partial charge on any atom is -0.347 e. The zero-order chi connectivity index (χ0) is 12.1. The van der Waals surface area contributed by atoms with Crippen LogP contribution in [0.5, 0.6) is 0 Å². The first kappa shape index (κ1) is 12.9. The van der Waals surface area contributed by atoms with E-state index < -0.39 is 0 Å². The molecule has 0 atom stereocenters. The Bertz CT molecular complexity index is 476. The van der Waals surface area contributed by atoms with Gasteiger partial charge in [-0.3, -0.25) is 0 Å². The maximum atomic E-state index is 5.49. The number of nitrogens with two attached hydrogens (primary N) is 1. The van der Waals surface area contributed by atoms with Gasteiger partial charge in [-0.1, -0.05) is 12.8 Å². The quantitative estimate of drug-likeness (QED) is 0.629. The monoisotopic (exact) mass is 342 g/mol. The zero-order valence-corrected chi connectivity index (χ0v) is 12.2. The lowest BCUT2D eigenvalue weighted by Crippen LogP contribution is -1.99. The molecule has 0 amide bonds. The second kappa shape index (κ2) is 6.40. The number of fused-ring (bicyclic) bond motifs is 1. The number of halogens is 1. The van der Waals surface area contributed by atoms with Crippen molar-refractivity contribution in [3.05, 3.63) is 34.0 Å². The summed E-state index contributed by atoms with van der Waals surface area (Å²) in [4.78, 5) is 0. The van der Waals surface area contributed by atoms with Crippen LogP contribution >= 0.6 is 22.6 Å². The van der Waals surface area contributed by atoms with Gasteiger partial charge in [0, 0.05) is 27.2 Å². The molecule has 0 saturated heterocycles. The van der Waals surface area contributed by atoms with Gasteiger partial charge in [0.25, 0.3) is 0 Å². The minimum atomic E-state index is 0.824. The van der Waals surface area contributed by atoms with Gasteiger partial charge in [0.1, 0.15) is 0 Å². The van der Waals surface area contributed by atoms with Gasteiger partial charge in [-0.15, -0.1) is 0 Å². The standard InChI is InChI=1S/C14H19IN2/c15-13-5-6-14-12(11-13)7-10-17(14)9-4-2-1-3-8-16/h5-7,10-11H,1-4,8-9,16H2. The number of unbranched alkanes of at least 4 members (excludes halogenated alkanes) is 3. The second-order valence-corrected chi connectivity index (χ2v) is 5.66. The summed E-state index contributed by atoms with van der Waals surface area (Å²) in [6, 6.07) is 8.84. The number of aromatic nitrogens is 1. The molecular formula is C14H19IN2. The highest BCUT2D eigenvalue weighted by atomic mass is 127. The van der Waals surface area contributed by atoms with E-state index in [-0.39, 0.29) is 0 Å². The Hall–Kier alpha value is -0.550. The van der Waals surface area contributed by atoms with Crippen molar-refractivity contribution in [1.29, 1.82) is 0 Å². The molecule has 0 radical (unpaired) electrons. The molecule has 0 fully saturated rings. The van der Waals surface area contributed by atoms with E-state index in [1.165, 1.54) is 33.7 Å². The van der Waals surface area contributed by atoms with Crippen LogP contribution in [-0.2, 0) is 6.54 Å². The number of benzene rings is 1. The molecule has 0 spiro atoms. The van der Waals surface area contributed by atoms with Crippen molar-refractivity contribution >= 4 is 33.5 Å². The largest absolute Gasteiger partial charge is 0.347 e. The van der Waals surface area contributed by atoms with Crippen LogP contribution in [0.3, 0.4) is 0 Å². The Balaban J connectivity index is 1.95. The van der Waals surface area contributed by atoms with Gasteiger partial charge < -0.3 is 10.3 Å². The molecular weight excluding hydrogens is 323 g/mol. The van der Waals surface area contributed by atoms with Gasteiger partial charge in [0.2, 0.25) is 0 Å². The zero-order valence-electron chi connectivity index (χ0n) is 10.0. The van der Waals surface area contributed by atoms with Crippen LogP contribution < -0.4 is 5.73 Å². The first-order valence-electron chi connectivity index (χ1n) is 6.26. The number of hydrogen-bond donors (Lipinski definition) is 1. The Labute approximate surface area is 116 Å². The van der Waals surface area contributed by atoms with E-state index >= 15 is 0 Å². The Kier molecular flexibility index (Phi) is 4.86. The molecule has 0 bridgehead atoms. The number of rotatable bonds is 6. The highest BCUT2D eigenvalue weighted by Gasteiger charge is 2.00. The van der Waals surface area contributed by atoms with Crippen molar-refractivity contribution in [2.75, 3.05) is 6.54 Å². The van der Waals surface area contributed by atoms with E-state index in [0.29, 0.717) is 0 Å². The third kappa shape index (κ3) is 3.45. The topological polar surface area (TPSA) is 30.9 Å². The van der Waals surface area contributed by atoms with E-state index in [4.69, 9.17) is 5.73 Å². The normalized spacial score (nSPS) is 11.2. The van der Waals surface area contributed by atoms with Crippen molar-refractivity contribution in [1.82, 2.24) is 4.57 Å². The molecule has 0 unspecified atom stereocenters. The number of aryl methyl sites for hydroxylation is 1.